The molecule has 0 aliphatic heterocycles. The lowest BCUT2D eigenvalue weighted by molar-refractivity contribution is -0.149. The zero-order chi connectivity index (χ0) is 16.8. The fourth-order valence-electron chi connectivity index (χ4n) is 6.23. The predicted molar refractivity (Wildman–Crippen MR) is 101 cm³/mol. The van der Waals surface area contributed by atoms with E-state index in [0.717, 1.165) is 43.4 Å². The highest BCUT2D eigenvalue weighted by molar-refractivity contribution is 7.98. The third-order valence-corrected chi connectivity index (χ3v) is 7.41. The normalized spacial score (nSPS) is 36.8. The van der Waals surface area contributed by atoms with Crippen molar-refractivity contribution in [2.75, 3.05) is 18.6 Å². The maximum Gasteiger partial charge on any atom is 0.226 e. The van der Waals surface area contributed by atoms with Gasteiger partial charge < -0.3 is 5.32 Å². The molecule has 2 unspecified atom stereocenters. The molecule has 0 aromatic heterocycles. The number of hydrogen-bond acceptors (Lipinski definition) is 2. The van der Waals surface area contributed by atoms with Crippen LogP contribution in [0.4, 0.5) is 0 Å². The Morgan fingerprint density at radius 1 is 1.17 bits per heavy atom. The first kappa shape index (κ1) is 16.5. The van der Waals surface area contributed by atoms with Gasteiger partial charge in [0.1, 0.15) is 0 Å². The maximum absolute atomic E-state index is 13.1. The number of hydrogen-bond donors (Lipinski definition) is 1. The Morgan fingerprint density at radius 2 is 1.83 bits per heavy atom. The Labute approximate surface area is 150 Å². The molecule has 1 aromatic rings. The van der Waals surface area contributed by atoms with Crippen LogP contribution in [0.5, 0.6) is 0 Å². The number of nitrogens with one attached hydrogen (secondary N) is 1. The number of aryl methyl sites for hydroxylation is 1. The van der Waals surface area contributed by atoms with Crippen molar-refractivity contribution in [2.24, 2.45) is 17.3 Å². The Hall–Kier alpha value is -0.960. The molecular weight excluding hydrogens is 314 g/mol. The summed E-state index contributed by atoms with van der Waals surface area (Å²) in [5.74, 6) is 2.86. The van der Waals surface area contributed by atoms with E-state index in [9.17, 15) is 4.79 Å². The highest BCUT2D eigenvalue weighted by Gasteiger charge is 2.60. The van der Waals surface area contributed by atoms with Gasteiger partial charge in [0.05, 0.1) is 5.41 Å². The minimum absolute atomic E-state index is 0.0899. The molecule has 4 aliphatic carbocycles. The van der Waals surface area contributed by atoms with Crippen molar-refractivity contribution < 1.29 is 4.79 Å². The summed E-state index contributed by atoms with van der Waals surface area (Å²) in [4.78, 5) is 13.1. The van der Waals surface area contributed by atoms with Gasteiger partial charge in [0, 0.05) is 12.3 Å². The SMILES string of the molecule is CSCCNC(=O)C12CC3CC(C1)CC(c1ccc(C)cc1)(C3)C2. The van der Waals surface area contributed by atoms with E-state index in [1.165, 1.54) is 30.4 Å². The van der Waals surface area contributed by atoms with E-state index in [1.807, 2.05) is 0 Å². The van der Waals surface area contributed by atoms with Gasteiger partial charge in [-0.25, -0.2) is 0 Å². The van der Waals surface area contributed by atoms with Gasteiger partial charge >= 0.3 is 0 Å². The van der Waals surface area contributed by atoms with E-state index in [-0.39, 0.29) is 10.8 Å². The molecule has 0 heterocycles. The van der Waals surface area contributed by atoms with Crippen LogP contribution in [-0.4, -0.2) is 24.5 Å². The van der Waals surface area contributed by atoms with Gasteiger partial charge in [0.15, 0.2) is 0 Å². The second kappa shape index (κ2) is 6.09. The zero-order valence-corrected chi connectivity index (χ0v) is 15.8. The van der Waals surface area contributed by atoms with Crippen molar-refractivity contribution in [3.63, 3.8) is 0 Å². The van der Waals surface area contributed by atoms with Crippen molar-refractivity contribution in [2.45, 2.75) is 50.9 Å². The first-order valence-corrected chi connectivity index (χ1v) is 10.8. The monoisotopic (exact) mass is 343 g/mol. The lowest BCUT2D eigenvalue weighted by atomic mass is 9.42. The molecule has 4 fully saturated rings. The lowest BCUT2D eigenvalue weighted by Crippen LogP contribution is -2.59. The summed E-state index contributed by atoms with van der Waals surface area (Å²) in [5, 5.41) is 3.26. The predicted octanol–water partition coefficient (Wildman–Crippen LogP) is 4.31. The molecule has 1 N–H and O–H groups in total. The minimum Gasteiger partial charge on any atom is -0.355 e. The smallest absolute Gasteiger partial charge is 0.226 e. The fourth-order valence-corrected chi connectivity index (χ4v) is 6.53. The second-order valence-corrected chi connectivity index (χ2v) is 9.62. The van der Waals surface area contributed by atoms with E-state index in [2.05, 4.69) is 42.8 Å². The fraction of sp³-hybridized carbons (Fsp3) is 0.667. The average molecular weight is 344 g/mol. The number of carbonyl (C=O) groups is 1. The third kappa shape index (κ3) is 2.69. The molecule has 1 aromatic carbocycles. The van der Waals surface area contributed by atoms with Gasteiger partial charge in [0.2, 0.25) is 5.91 Å². The summed E-state index contributed by atoms with van der Waals surface area (Å²) < 4.78 is 0. The molecule has 1 amide bonds. The van der Waals surface area contributed by atoms with E-state index < -0.39 is 0 Å². The summed E-state index contributed by atoms with van der Waals surface area (Å²) in [6.45, 7) is 2.97. The van der Waals surface area contributed by atoms with Crippen LogP contribution in [0.15, 0.2) is 24.3 Å². The first-order valence-electron chi connectivity index (χ1n) is 9.40. The van der Waals surface area contributed by atoms with Gasteiger partial charge in [-0.2, -0.15) is 11.8 Å². The molecule has 2 atom stereocenters. The summed E-state index contributed by atoms with van der Waals surface area (Å²) in [6.07, 6.45) is 9.38. The van der Waals surface area contributed by atoms with E-state index in [0.29, 0.717) is 5.91 Å². The number of thioether (sulfide) groups is 1. The molecule has 130 valence electrons. The quantitative estimate of drug-likeness (QED) is 0.807. The summed E-state index contributed by atoms with van der Waals surface area (Å²) in [5.41, 5.74) is 2.98. The molecule has 2 nitrogen and oxygen atoms in total. The molecule has 4 bridgehead atoms. The van der Waals surface area contributed by atoms with Crippen molar-refractivity contribution in [3.05, 3.63) is 35.4 Å². The van der Waals surface area contributed by atoms with Crippen molar-refractivity contribution in [3.8, 4) is 0 Å². The average Bonchev–Trinajstić information content (AvgIpc) is 2.54. The summed E-state index contributed by atoms with van der Waals surface area (Å²) in [7, 11) is 0. The van der Waals surface area contributed by atoms with Crippen molar-refractivity contribution in [1.82, 2.24) is 5.32 Å². The standard InChI is InChI=1S/C21H29NOS/c1-15-3-5-18(6-4-15)20-10-16-9-17(11-20)13-21(12-16,14-20)19(23)22-7-8-24-2/h3-6,16-17H,7-14H2,1-2H3,(H,22,23). The van der Waals surface area contributed by atoms with Crippen LogP contribution in [0.25, 0.3) is 0 Å². The third-order valence-electron chi connectivity index (χ3n) is 6.80. The minimum atomic E-state index is -0.0899. The Balaban J connectivity index is 1.62. The summed E-state index contributed by atoms with van der Waals surface area (Å²) in [6, 6.07) is 9.17. The molecule has 3 heteroatoms. The van der Waals surface area contributed by atoms with Crippen LogP contribution in [0.1, 0.15) is 49.7 Å². The second-order valence-electron chi connectivity index (χ2n) is 8.64. The van der Waals surface area contributed by atoms with Gasteiger partial charge in [-0.05, 0) is 74.5 Å². The Kier molecular flexibility index (Phi) is 4.19. The molecule has 4 aliphatic rings. The van der Waals surface area contributed by atoms with Crippen molar-refractivity contribution >= 4 is 17.7 Å². The van der Waals surface area contributed by atoms with Gasteiger partial charge in [-0.15, -0.1) is 0 Å². The molecule has 4 saturated carbocycles. The van der Waals surface area contributed by atoms with Gasteiger partial charge in [-0.1, -0.05) is 29.8 Å². The number of carbonyl (C=O) groups excluding carboxylic acids is 1. The van der Waals surface area contributed by atoms with E-state index >= 15 is 0 Å². The van der Waals surface area contributed by atoms with Crippen LogP contribution >= 0.6 is 11.8 Å². The number of amides is 1. The summed E-state index contributed by atoms with van der Waals surface area (Å²) >= 11 is 1.80. The van der Waals surface area contributed by atoms with Crippen LogP contribution in [0, 0.1) is 24.2 Å². The Bertz CT molecular complexity index is 609. The van der Waals surface area contributed by atoms with Crippen LogP contribution < -0.4 is 5.32 Å². The van der Waals surface area contributed by atoms with Crippen LogP contribution in [0.3, 0.4) is 0 Å². The molecule has 24 heavy (non-hydrogen) atoms. The van der Waals surface area contributed by atoms with Crippen LogP contribution in [0.2, 0.25) is 0 Å². The maximum atomic E-state index is 13.1. The molecule has 0 spiro atoms. The highest BCUT2D eigenvalue weighted by Crippen LogP contribution is 2.65. The first-order chi connectivity index (χ1) is 11.6. The molecule has 0 saturated heterocycles. The molecular formula is C21H29NOS. The highest BCUT2D eigenvalue weighted by atomic mass is 32.2. The largest absolute Gasteiger partial charge is 0.355 e. The van der Waals surface area contributed by atoms with Crippen LogP contribution in [-0.2, 0) is 10.2 Å². The number of benzene rings is 1. The molecule has 5 rings (SSSR count). The zero-order valence-electron chi connectivity index (χ0n) is 14.9. The van der Waals surface area contributed by atoms with Crippen molar-refractivity contribution in [1.29, 1.82) is 0 Å². The number of rotatable bonds is 5. The lowest BCUT2D eigenvalue weighted by Gasteiger charge is -2.61. The van der Waals surface area contributed by atoms with E-state index in [4.69, 9.17) is 0 Å². The van der Waals surface area contributed by atoms with Gasteiger partial charge in [-0.3, -0.25) is 4.79 Å². The Morgan fingerprint density at radius 3 is 2.46 bits per heavy atom. The van der Waals surface area contributed by atoms with Gasteiger partial charge in [0.25, 0.3) is 0 Å². The van der Waals surface area contributed by atoms with E-state index in [1.54, 1.807) is 11.8 Å². The topological polar surface area (TPSA) is 29.1 Å². The molecule has 0 radical (unpaired) electrons.